The molecule has 0 spiro atoms. The molecule has 1 aliphatic heterocycles. The fourth-order valence-electron chi connectivity index (χ4n) is 3.37. The van der Waals surface area contributed by atoms with Crippen molar-refractivity contribution in [2.24, 2.45) is 0 Å². The average molecular weight is 399 g/mol. The summed E-state index contributed by atoms with van der Waals surface area (Å²) in [6, 6.07) is 15.5. The van der Waals surface area contributed by atoms with E-state index in [-0.39, 0.29) is 12.5 Å². The molecule has 6 nitrogen and oxygen atoms in total. The van der Waals surface area contributed by atoms with Gasteiger partial charge in [0.2, 0.25) is 0 Å². The Morgan fingerprint density at radius 2 is 1.82 bits per heavy atom. The largest absolute Gasteiger partial charge is 0.497 e. The van der Waals surface area contributed by atoms with Crippen LogP contribution in [0.3, 0.4) is 0 Å². The van der Waals surface area contributed by atoms with Crippen LogP contribution in [0.2, 0.25) is 0 Å². The summed E-state index contributed by atoms with van der Waals surface area (Å²) in [5.41, 5.74) is 1.08. The van der Waals surface area contributed by atoms with Gasteiger partial charge >= 0.3 is 0 Å². The molecular formula is C21H24N3O3S+. The van der Waals surface area contributed by atoms with Gasteiger partial charge in [0.1, 0.15) is 23.1 Å². The van der Waals surface area contributed by atoms with Crippen LogP contribution in [0, 0.1) is 0 Å². The molecule has 1 fully saturated rings. The normalized spacial score (nSPS) is 15.0. The van der Waals surface area contributed by atoms with E-state index in [1.54, 1.807) is 18.4 Å². The van der Waals surface area contributed by atoms with E-state index in [9.17, 15) is 4.79 Å². The maximum Gasteiger partial charge on any atom is 0.260 e. The van der Waals surface area contributed by atoms with E-state index in [4.69, 9.17) is 14.5 Å². The van der Waals surface area contributed by atoms with Gasteiger partial charge in [-0.3, -0.25) is 4.79 Å². The van der Waals surface area contributed by atoms with Crippen LogP contribution < -0.4 is 14.4 Å². The summed E-state index contributed by atoms with van der Waals surface area (Å²) < 4.78 is 12.0. The SMILES string of the molecule is COc1ccc(OCC(=O)N2CC[NH+](Cc3nc4ccccc4s3)CC2)cc1. The summed E-state index contributed by atoms with van der Waals surface area (Å²) in [5, 5.41) is 1.17. The van der Waals surface area contributed by atoms with Gasteiger partial charge in [-0.2, -0.15) is 0 Å². The molecule has 1 N–H and O–H groups in total. The van der Waals surface area contributed by atoms with E-state index < -0.39 is 0 Å². The monoisotopic (exact) mass is 398 g/mol. The van der Waals surface area contributed by atoms with Crippen molar-refractivity contribution in [3.63, 3.8) is 0 Å². The second-order valence-corrected chi connectivity index (χ2v) is 7.96. The van der Waals surface area contributed by atoms with Gasteiger partial charge in [0, 0.05) is 0 Å². The number of nitrogens with zero attached hydrogens (tertiary/aromatic N) is 2. The number of hydrogen-bond acceptors (Lipinski definition) is 5. The van der Waals surface area contributed by atoms with E-state index in [2.05, 4.69) is 18.2 Å². The smallest absolute Gasteiger partial charge is 0.260 e. The van der Waals surface area contributed by atoms with Gasteiger partial charge in [0.15, 0.2) is 6.61 Å². The van der Waals surface area contributed by atoms with Gasteiger partial charge in [-0.15, -0.1) is 11.3 Å². The zero-order chi connectivity index (χ0) is 19.3. The second-order valence-electron chi connectivity index (χ2n) is 6.85. The summed E-state index contributed by atoms with van der Waals surface area (Å²) >= 11 is 1.76. The van der Waals surface area contributed by atoms with Gasteiger partial charge in [-0.05, 0) is 36.4 Å². The topological polar surface area (TPSA) is 56.1 Å². The van der Waals surface area contributed by atoms with Crippen molar-refractivity contribution in [1.29, 1.82) is 0 Å². The fourth-order valence-corrected chi connectivity index (χ4v) is 4.41. The molecule has 1 aromatic heterocycles. The van der Waals surface area contributed by atoms with Crippen LogP contribution in [0.5, 0.6) is 11.5 Å². The van der Waals surface area contributed by atoms with Gasteiger partial charge in [-0.1, -0.05) is 12.1 Å². The summed E-state index contributed by atoms with van der Waals surface area (Å²) in [4.78, 5) is 20.5. The molecule has 0 radical (unpaired) electrons. The maximum absolute atomic E-state index is 12.4. The van der Waals surface area contributed by atoms with Crippen molar-refractivity contribution in [1.82, 2.24) is 9.88 Å². The number of nitrogens with one attached hydrogen (secondary N) is 1. The highest BCUT2D eigenvalue weighted by atomic mass is 32.1. The number of piperazine rings is 1. The zero-order valence-corrected chi connectivity index (χ0v) is 16.7. The molecule has 0 aliphatic carbocycles. The number of amides is 1. The third kappa shape index (κ3) is 4.43. The first-order chi connectivity index (χ1) is 13.7. The highest BCUT2D eigenvalue weighted by molar-refractivity contribution is 7.18. The Bertz CT molecular complexity index is 900. The third-order valence-corrected chi connectivity index (χ3v) is 6.02. The Hall–Kier alpha value is -2.64. The Kier molecular flexibility index (Phi) is 5.73. The molecule has 0 unspecified atom stereocenters. The molecule has 2 aromatic carbocycles. The van der Waals surface area contributed by atoms with Crippen LogP contribution in [-0.4, -0.2) is 55.7 Å². The lowest BCUT2D eigenvalue weighted by atomic mass is 10.3. The number of carbonyl (C=O) groups is 1. The van der Waals surface area contributed by atoms with E-state index in [1.807, 2.05) is 35.2 Å². The van der Waals surface area contributed by atoms with Gasteiger partial charge in [0.05, 0.1) is 43.5 Å². The van der Waals surface area contributed by atoms with Crippen molar-refractivity contribution in [3.8, 4) is 11.5 Å². The Morgan fingerprint density at radius 1 is 1.11 bits per heavy atom. The molecule has 1 aliphatic rings. The molecular weight excluding hydrogens is 374 g/mol. The standard InChI is InChI=1S/C21H23N3O3S/c1-26-16-6-8-17(9-7-16)27-15-21(25)24-12-10-23(11-13-24)14-20-22-18-4-2-3-5-19(18)28-20/h2-9H,10-15H2,1H3/p+1. The molecule has 1 amide bonds. The van der Waals surface area contributed by atoms with Gasteiger partial charge in [0.25, 0.3) is 5.91 Å². The van der Waals surface area contributed by atoms with E-state index in [0.29, 0.717) is 5.75 Å². The molecule has 0 atom stereocenters. The number of benzene rings is 2. The predicted octanol–water partition coefficient (Wildman–Crippen LogP) is 1.61. The molecule has 0 saturated carbocycles. The van der Waals surface area contributed by atoms with E-state index in [0.717, 1.165) is 44.0 Å². The lowest BCUT2D eigenvalue weighted by molar-refractivity contribution is -0.917. The van der Waals surface area contributed by atoms with Gasteiger partial charge < -0.3 is 19.3 Å². The Labute approximate surface area is 168 Å². The Balaban J connectivity index is 1.24. The predicted molar refractivity (Wildman–Crippen MR) is 109 cm³/mol. The average Bonchev–Trinajstić information content (AvgIpc) is 3.15. The number of para-hydroxylation sites is 1. The van der Waals surface area contributed by atoms with Crippen LogP contribution >= 0.6 is 11.3 Å². The first kappa shape index (κ1) is 18.7. The minimum atomic E-state index is 0.0369. The molecule has 1 saturated heterocycles. The molecule has 2 heterocycles. The number of rotatable bonds is 6. The van der Waals surface area contributed by atoms with Crippen LogP contribution in [0.15, 0.2) is 48.5 Å². The van der Waals surface area contributed by atoms with E-state index in [1.165, 1.54) is 14.6 Å². The summed E-state index contributed by atoms with van der Waals surface area (Å²) in [6.45, 7) is 4.37. The minimum absolute atomic E-state index is 0.0369. The fraction of sp³-hybridized carbons (Fsp3) is 0.333. The highest BCUT2D eigenvalue weighted by Gasteiger charge is 2.24. The number of aromatic nitrogens is 1. The van der Waals surface area contributed by atoms with Crippen molar-refractivity contribution in [2.75, 3.05) is 39.9 Å². The van der Waals surface area contributed by atoms with Crippen molar-refractivity contribution in [3.05, 3.63) is 53.5 Å². The first-order valence-corrected chi connectivity index (χ1v) is 10.3. The number of fused-ring (bicyclic) bond motifs is 1. The number of methoxy groups -OCH3 is 1. The van der Waals surface area contributed by atoms with Crippen LogP contribution in [0.25, 0.3) is 10.2 Å². The van der Waals surface area contributed by atoms with E-state index >= 15 is 0 Å². The number of quaternary nitrogens is 1. The molecule has 0 bridgehead atoms. The number of hydrogen-bond donors (Lipinski definition) is 1. The summed E-state index contributed by atoms with van der Waals surface area (Å²) in [7, 11) is 1.62. The number of ether oxygens (including phenoxy) is 2. The summed E-state index contributed by atoms with van der Waals surface area (Å²) in [6.07, 6.45) is 0. The second kappa shape index (κ2) is 8.58. The number of carbonyl (C=O) groups excluding carboxylic acids is 1. The lowest BCUT2D eigenvalue weighted by Gasteiger charge is -2.31. The minimum Gasteiger partial charge on any atom is -0.497 e. The van der Waals surface area contributed by atoms with Crippen LogP contribution in [0.1, 0.15) is 5.01 Å². The molecule has 146 valence electrons. The zero-order valence-electron chi connectivity index (χ0n) is 15.9. The van der Waals surface area contributed by atoms with Crippen LogP contribution in [0.4, 0.5) is 0 Å². The summed E-state index contributed by atoms with van der Waals surface area (Å²) in [5.74, 6) is 1.48. The van der Waals surface area contributed by atoms with Crippen molar-refractivity contribution in [2.45, 2.75) is 6.54 Å². The molecule has 28 heavy (non-hydrogen) atoms. The molecule has 3 aromatic rings. The van der Waals surface area contributed by atoms with Crippen molar-refractivity contribution >= 4 is 27.5 Å². The van der Waals surface area contributed by atoms with Crippen molar-refractivity contribution < 1.29 is 19.2 Å². The maximum atomic E-state index is 12.4. The lowest BCUT2D eigenvalue weighted by Crippen LogP contribution is -3.13. The molecule has 4 rings (SSSR count). The molecule has 7 heteroatoms. The quantitative estimate of drug-likeness (QED) is 0.686. The number of thiazole rings is 1. The van der Waals surface area contributed by atoms with Crippen LogP contribution in [-0.2, 0) is 11.3 Å². The highest BCUT2D eigenvalue weighted by Crippen LogP contribution is 2.21. The third-order valence-electron chi connectivity index (χ3n) is 4.98. The Morgan fingerprint density at radius 3 is 2.54 bits per heavy atom. The first-order valence-electron chi connectivity index (χ1n) is 9.44. The van der Waals surface area contributed by atoms with Gasteiger partial charge in [-0.25, -0.2) is 4.98 Å².